The lowest BCUT2D eigenvalue weighted by atomic mass is 9.84. The van der Waals surface area contributed by atoms with E-state index in [1.54, 1.807) is 0 Å². The van der Waals surface area contributed by atoms with Gasteiger partial charge in [0.25, 0.3) is 0 Å². The molecule has 0 aromatic carbocycles. The lowest BCUT2D eigenvalue weighted by Crippen LogP contribution is -2.67. The zero-order valence-corrected chi connectivity index (χ0v) is 43.5. The van der Waals surface area contributed by atoms with Gasteiger partial charge in [-0.05, 0) is 38.5 Å². The van der Waals surface area contributed by atoms with E-state index in [1.165, 1.54) is 116 Å². The predicted octanol–water partition coefficient (Wildman–Crippen LogP) is 6.88. The molecule has 1 saturated heterocycles. The third-order valence-corrected chi connectivity index (χ3v) is 14.2. The van der Waals surface area contributed by atoms with E-state index in [4.69, 9.17) is 28.0 Å². The smallest absolute Gasteiger partial charge is 0.462 e. The van der Waals surface area contributed by atoms with Crippen LogP contribution in [0, 0.1) is 0 Å². The van der Waals surface area contributed by atoms with Crippen molar-refractivity contribution in [1.82, 2.24) is 0 Å². The Morgan fingerprint density at radius 2 is 0.943 bits per heavy atom. The van der Waals surface area contributed by atoms with Gasteiger partial charge in [-0.25, -0.2) is 4.57 Å². The molecule has 70 heavy (non-hydrogen) atoms. The molecule has 1 heterocycles. The van der Waals surface area contributed by atoms with E-state index in [0.717, 1.165) is 51.4 Å². The van der Waals surface area contributed by atoms with Crippen molar-refractivity contribution < 1.29 is 87.9 Å². The number of phosphoric acid groups is 1. The molecule has 9 N–H and O–H groups in total. The first kappa shape index (κ1) is 64.5. The van der Waals surface area contributed by atoms with Crippen molar-refractivity contribution in [2.45, 2.75) is 280 Å². The molecule has 2 fully saturated rings. The largest absolute Gasteiger partial charge is 0.472 e. The topological polar surface area (TPSA) is 289 Å². The molecule has 18 nitrogen and oxygen atoms in total. The van der Waals surface area contributed by atoms with E-state index in [-0.39, 0.29) is 12.8 Å². The van der Waals surface area contributed by atoms with Crippen LogP contribution in [0.15, 0.2) is 12.2 Å². The van der Waals surface area contributed by atoms with Crippen molar-refractivity contribution in [3.05, 3.63) is 12.2 Å². The van der Waals surface area contributed by atoms with Crippen LogP contribution in [-0.2, 0) is 42.1 Å². The second-order valence-electron chi connectivity index (χ2n) is 19.4. The van der Waals surface area contributed by atoms with Gasteiger partial charge in [0.05, 0.1) is 13.2 Å². The number of ether oxygens (including phenoxy) is 4. The first-order chi connectivity index (χ1) is 33.7. The van der Waals surface area contributed by atoms with Crippen LogP contribution < -0.4 is 0 Å². The van der Waals surface area contributed by atoms with Gasteiger partial charge in [-0.15, -0.1) is 0 Å². The number of phosphoric ester groups is 1. The molecule has 1 aliphatic carbocycles. The zero-order chi connectivity index (χ0) is 51.6. The minimum Gasteiger partial charge on any atom is -0.462 e. The molecule has 2 rings (SSSR count). The molecule has 1 aliphatic heterocycles. The van der Waals surface area contributed by atoms with Crippen LogP contribution >= 0.6 is 7.82 Å². The molecule has 13 atom stereocenters. The summed E-state index contributed by atoms with van der Waals surface area (Å²) in [6.45, 7) is 2.23. The van der Waals surface area contributed by atoms with Crippen molar-refractivity contribution in [3.8, 4) is 0 Å². The summed E-state index contributed by atoms with van der Waals surface area (Å²) in [6, 6.07) is 0. The van der Waals surface area contributed by atoms with Crippen molar-refractivity contribution in [2.75, 3.05) is 19.8 Å². The number of rotatable bonds is 42. The minimum atomic E-state index is -5.38. The quantitative estimate of drug-likeness (QED) is 0.0130. The van der Waals surface area contributed by atoms with Crippen LogP contribution in [-0.4, -0.2) is 151 Å². The number of esters is 2. The Labute approximate surface area is 418 Å². The van der Waals surface area contributed by atoms with Gasteiger partial charge in [0.1, 0.15) is 67.6 Å². The van der Waals surface area contributed by atoms with Gasteiger partial charge in [0, 0.05) is 12.8 Å². The summed E-state index contributed by atoms with van der Waals surface area (Å²) >= 11 is 0. The maximum absolute atomic E-state index is 13.4. The Hall–Kier alpha value is -1.61. The first-order valence-electron chi connectivity index (χ1n) is 27.0. The third-order valence-electron chi connectivity index (χ3n) is 13.2. The second kappa shape index (κ2) is 38.9. The van der Waals surface area contributed by atoms with Gasteiger partial charge in [0.15, 0.2) is 12.4 Å². The number of hydrogen-bond acceptors (Lipinski definition) is 17. The molecule has 1 saturated carbocycles. The summed E-state index contributed by atoms with van der Waals surface area (Å²) < 4.78 is 45.5. The zero-order valence-electron chi connectivity index (χ0n) is 42.6. The molecule has 0 bridgehead atoms. The average Bonchev–Trinajstić information content (AvgIpc) is 3.34. The molecular formula is C51H95O18P. The Balaban J connectivity index is 1.92. The molecule has 0 aromatic rings. The van der Waals surface area contributed by atoms with E-state index in [9.17, 15) is 59.9 Å². The Kier molecular flexibility index (Phi) is 35.8. The number of aliphatic hydroxyl groups is 8. The number of carbonyl (C=O) groups excluding carboxylic acids is 2. The summed E-state index contributed by atoms with van der Waals surface area (Å²) in [4.78, 5) is 36.6. The maximum atomic E-state index is 13.4. The second-order valence-corrected chi connectivity index (χ2v) is 20.8. The fraction of sp³-hybridized carbons (Fsp3) is 0.922. The molecule has 13 unspecified atom stereocenters. The van der Waals surface area contributed by atoms with Gasteiger partial charge in [-0.1, -0.05) is 167 Å². The number of hydrogen-bond donors (Lipinski definition) is 9. The first-order valence-corrected chi connectivity index (χ1v) is 28.5. The average molecular weight is 1030 g/mol. The number of aliphatic hydroxyl groups excluding tert-OH is 8. The Morgan fingerprint density at radius 3 is 1.43 bits per heavy atom. The van der Waals surface area contributed by atoms with Crippen molar-refractivity contribution >= 4 is 19.8 Å². The molecule has 0 radical (unpaired) electrons. The third kappa shape index (κ3) is 27.1. The van der Waals surface area contributed by atoms with Crippen LogP contribution in [0.4, 0.5) is 0 Å². The molecule has 0 aromatic heterocycles. The van der Waals surface area contributed by atoms with E-state index in [1.807, 2.05) is 0 Å². The van der Waals surface area contributed by atoms with Crippen LogP contribution in [0.1, 0.15) is 206 Å². The van der Waals surface area contributed by atoms with E-state index >= 15 is 0 Å². The van der Waals surface area contributed by atoms with Crippen molar-refractivity contribution in [1.29, 1.82) is 0 Å². The van der Waals surface area contributed by atoms with Crippen LogP contribution in [0.5, 0.6) is 0 Å². The van der Waals surface area contributed by atoms with Gasteiger partial charge >= 0.3 is 19.8 Å². The molecular weight excluding hydrogens is 932 g/mol. The highest BCUT2D eigenvalue weighted by Crippen LogP contribution is 2.48. The summed E-state index contributed by atoms with van der Waals surface area (Å²) in [5, 5.41) is 83.0. The highest BCUT2D eigenvalue weighted by atomic mass is 31.2. The van der Waals surface area contributed by atoms with Gasteiger partial charge in [0.2, 0.25) is 0 Å². The van der Waals surface area contributed by atoms with Crippen LogP contribution in [0.25, 0.3) is 0 Å². The summed E-state index contributed by atoms with van der Waals surface area (Å²) in [7, 11) is -5.38. The standard InChI is InChI=1S/C51H95O18P/c1-3-5-7-9-11-13-15-17-18-19-20-22-24-26-28-30-32-34-41(54)66-38(36-64-40(53)33-31-29-27-25-23-21-16-14-12-10-8-6-4-2)37-65-70(62,63)69-50-47(60)45(58)44(57)46(59)49(50)68-51-48(61)43(56)42(55)39(35-52)67-51/h21,23,38-39,42-52,55-61H,3-20,22,24-37H2,1-2H3,(H,62,63)/b23-21-. The van der Waals surface area contributed by atoms with Gasteiger partial charge in [-0.3, -0.25) is 18.6 Å². The fourth-order valence-corrected chi connectivity index (χ4v) is 9.73. The molecule has 0 amide bonds. The van der Waals surface area contributed by atoms with E-state index in [2.05, 4.69) is 26.0 Å². The molecule has 412 valence electrons. The summed E-state index contributed by atoms with van der Waals surface area (Å²) in [6.07, 6.45) is 12.9. The highest BCUT2D eigenvalue weighted by Gasteiger charge is 2.55. The SMILES string of the molecule is CCCCCCCC/C=C\CCCCCC(=O)OCC(COP(=O)(O)OC1C(O)C(O)C(O)C(O)C1OC1OC(CO)C(O)C(O)C1O)OC(=O)CCCCCCCCCCCCCCCCCCC. The molecule has 2 aliphatic rings. The normalized spacial score (nSPS) is 27.4. The Bertz CT molecular complexity index is 1410. The summed E-state index contributed by atoms with van der Waals surface area (Å²) in [5.41, 5.74) is 0. The van der Waals surface area contributed by atoms with Crippen molar-refractivity contribution in [2.24, 2.45) is 0 Å². The number of allylic oxidation sites excluding steroid dienone is 2. The number of unbranched alkanes of at least 4 members (excludes halogenated alkanes) is 25. The monoisotopic (exact) mass is 1030 g/mol. The van der Waals surface area contributed by atoms with Crippen LogP contribution in [0.2, 0.25) is 0 Å². The lowest BCUT2D eigenvalue weighted by Gasteiger charge is -2.47. The molecule has 19 heteroatoms. The van der Waals surface area contributed by atoms with E-state index in [0.29, 0.717) is 12.8 Å². The predicted molar refractivity (Wildman–Crippen MR) is 263 cm³/mol. The fourth-order valence-electron chi connectivity index (χ4n) is 8.76. The highest BCUT2D eigenvalue weighted by molar-refractivity contribution is 7.47. The minimum absolute atomic E-state index is 0.0348. The van der Waals surface area contributed by atoms with Crippen LogP contribution in [0.3, 0.4) is 0 Å². The Morgan fingerprint density at radius 1 is 0.529 bits per heavy atom. The number of carbonyl (C=O) groups is 2. The summed E-state index contributed by atoms with van der Waals surface area (Å²) in [5.74, 6) is -1.23. The van der Waals surface area contributed by atoms with Crippen molar-refractivity contribution in [3.63, 3.8) is 0 Å². The molecule has 0 spiro atoms. The van der Waals surface area contributed by atoms with Gasteiger partial charge in [-0.2, -0.15) is 0 Å². The maximum Gasteiger partial charge on any atom is 0.472 e. The lowest BCUT2D eigenvalue weighted by molar-refractivity contribution is -0.338. The van der Waals surface area contributed by atoms with E-state index < -0.39 is 113 Å². The van der Waals surface area contributed by atoms with Gasteiger partial charge < -0.3 is 64.7 Å².